The van der Waals surface area contributed by atoms with Crippen molar-refractivity contribution < 1.29 is 4.39 Å². The molecule has 1 aromatic rings. The Hall–Kier alpha value is -1.23. The SMILES string of the molecule is Cc1ncnc(NCCC2CCCNC2)c1F. The molecule has 2 rings (SSSR count). The number of aromatic nitrogens is 2. The lowest BCUT2D eigenvalue weighted by Gasteiger charge is -2.22. The average Bonchev–Trinajstić information content (AvgIpc) is 2.36. The molecule has 1 aliphatic rings. The number of halogens is 1. The van der Waals surface area contributed by atoms with Gasteiger partial charge in [-0.15, -0.1) is 0 Å². The van der Waals surface area contributed by atoms with Crippen LogP contribution in [0.5, 0.6) is 0 Å². The molecule has 0 aromatic carbocycles. The summed E-state index contributed by atoms with van der Waals surface area (Å²) in [5.41, 5.74) is 0.391. The van der Waals surface area contributed by atoms with Crippen LogP contribution in [0, 0.1) is 18.7 Å². The highest BCUT2D eigenvalue weighted by molar-refractivity contribution is 5.36. The van der Waals surface area contributed by atoms with E-state index in [0.717, 1.165) is 26.1 Å². The van der Waals surface area contributed by atoms with Crippen LogP contribution in [0.25, 0.3) is 0 Å². The largest absolute Gasteiger partial charge is 0.368 e. The second-order valence-corrected chi connectivity index (χ2v) is 4.55. The first-order valence-corrected chi connectivity index (χ1v) is 6.19. The molecule has 1 aromatic heterocycles. The van der Waals surface area contributed by atoms with E-state index in [0.29, 0.717) is 17.4 Å². The van der Waals surface area contributed by atoms with E-state index in [4.69, 9.17) is 0 Å². The Balaban J connectivity index is 1.79. The van der Waals surface area contributed by atoms with Gasteiger partial charge in [-0.3, -0.25) is 0 Å². The van der Waals surface area contributed by atoms with Gasteiger partial charge in [-0.1, -0.05) is 0 Å². The fraction of sp³-hybridized carbons (Fsp3) is 0.667. The first-order chi connectivity index (χ1) is 8.27. The summed E-state index contributed by atoms with van der Waals surface area (Å²) < 4.78 is 13.6. The minimum atomic E-state index is -0.339. The van der Waals surface area contributed by atoms with Crippen LogP contribution in [0.2, 0.25) is 0 Å². The summed E-state index contributed by atoms with van der Waals surface area (Å²) in [6.07, 6.45) is 4.95. The number of hydrogen-bond donors (Lipinski definition) is 2. The Morgan fingerprint density at radius 3 is 3.18 bits per heavy atom. The summed E-state index contributed by atoms with van der Waals surface area (Å²) in [7, 11) is 0. The van der Waals surface area contributed by atoms with E-state index in [1.54, 1.807) is 6.92 Å². The minimum absolute atomic E-state index is 0.321. The molecule has 0 spiro atoms. The van der Waals surface area contributed by atoms with Crippen LogP contribution in [0.15, 0.2) is 6.33 Å². The normalized spacial score (nSPS) is 20.2. The minimum Gasteiger partial charge on any atom is -0.368 e. The Bertz CT molecular complexity index is 364. The van der Waals surface area contributed by atoms with Gasteiger partial charge in [-0.05, 0) is 45.2 Å². The first-order valence-electron chi connectivity index (χ1n) is 6.19. The molecule has 1 saturated heterocycles. The number of hydrogen-bond acceptors (Lipinski definition) is 4. The summed E-state index contributed by atoms with van der Waals surface area (Å²) in [6, 6.07) is 0. The molecule has 4 nitrogen and oxygen atoms in total. The van der Waals surface area contributed by atoms with Gasteiger partial charge in [-0.2, -0.15) is 0 Å². The molecular formula is C12H19FN4. The molecule has 1 atom stereocenters. The Morgan fingerprint density at radius 2 is 2.41 bits per heavy atom. The van der Waals surface area contributed by atoms with E-state index >= 15 is 0 Å². The second-order valence-electron chi connectivity index (χ2n) is 4.55. The predicted molar refractivity (Wildman–Crippen MR) is 65.4 cm³/mol. The molecule has 5 heteroatoms. The zero-order valence-electron chi connectivity index (χ0n) is 10.2. The topological polar surface area (TPSA) is 49.8 Å². The molecule has 2 heterocycles. The van der Waals surface area contributed by atoms with Crippen molar-refractivity contribution in [3.63, 3.8) is 0 Å². The summed E-state index contributed by atoms with van der Waals surface area (Å²) in [4.78, 5) is 7.71. The molecule has 17 heavy (non-hydrogen) atoms. The molecule has 1 unspecified atom stereocenters. The second kappa shape index (κ2) is 5.91. The third-order valence-corrected chi connectivity index (χ3v) is 3.21. The van der Waals surface area contributed by atoms with E-state index < -0.39 is 0 Å². The average molecular weight is 238 g/mol. The molecule has 1 fully saturated rings. The highest BCUT2D eigenvalue weighted by atomic mass is 19.1. The van der Waals surface area contributed by atoms with E-state index in [2.05, 4.69) is 20.6 Å². The molecule has 1 aliphatic heterocycles. The standard InChI is InChI=1S/C12H19FN4/c1-9-11(13)12(17-8-16-9)15-6-4-10-3-2-5-14-7-10/h8,10,14H,2-7H2,1H3,(H,15,16,17). The third kappa shape index (κ3) is 3.36. The van der Waals surface area contributed by atoms with Crippen LogP contribution < -0.4 is 10.6 Å². The van der Waals surface area contributed by atoms with Crippen molar-refractivity contribution in [2.75, 3.05) is 25.0 Å². The van der Waals surface area contributed by atoms with Crippen molar-refractivity contribution in [3.8, 4) is 0 Å². The lowest BCUT2D eigenvalue weighted by Crippen LogP contribution is -2.30. The van der Waals surface area contributed by atoms with Gasteiger partial charge in [0, 0.05) is 6.54 Å². The summed E-state index contributed by atoms with van der Waals surface area (Å²) in [5, 5.41) is 6.42. The Kier molecular flexibility index (Phi) is 4.25. The fourth-order valence-corrected chi connectivity index (χ4v) is 2.15. The Morgan fingerprint density at radius 1 is 1.53 bits per heavy atom. The lowest BCUT2D eigenvalue weighted by atomic mass is 9.96. The van der Waals surface area contributed by atoms with Crippen LogP contribution in [0.3, 0.4) is 0 Å². The number of piperidine rings is 1. The highest BCUT2D eigenvalue weighted by Gasteiger charge is 2.13. The summed E-state index contributed by atoms with van der Waals surface area (Å²) in [5.74, 6) is 0.679. The van der Waals surface area contributed by atoms with E-state index in [-0.39, 0.29) is 5.82 Å². The number of aryl methyl sites for hydroxylation is 1. The smallest absolute Gasteiger partial charge is 0.186 e. The van der Waals surface area contributed by atoms with Gasteiger partial charge in [0.2, 0.25) is 0 Å². The molecule has 94 valence electrons. The molecular weight excluding hydrogens is 219 g/mol. The van der Waals surface area contributed by atoms with E-state index in [1.807, 2.05) is 0 Å². The van der Waals surface area contributed by atoms with Gasteiger partial charge >= 0.3 is 0 Å². The maximum atomic E-state index is 13.6. The van der Waals surface area contributed by atoms with Gasteiger partial charge in [0.1, 0.15) is 6.33 Å². The number of rotatable bonds is 4. The zero-order valence-corrected chi connectivity index (χ0v) is 10.2. The van der Waals surface area contributed by atoms with Crippen LogP contribution in [-0.4, -0.2) is 29.6 Å². The van der Waals surface area contributed by atoms with E-state index in [1.165, 1.54) is 19.2 Å². The molecule has 0 bridgehead atoms. The van der Waals surface area contributed by atoms with Crippen molar-refractivity contribution in [2.45, 2.75) is 26.2 Å². The molecule has 0 aliphatic carbocycles. The van der Waals surface area contributed by atoms with Crippen molar-refractivity contribution in [1.82, 2.24) is 15.3 Å². The Labute approximate surface area is 101 Å². The third-order valence-electron chi connectivity index (χ3n) is 3.21. The van der Waals surface area contributed by atoms with Crippen LogP contribution >= 0.6 is 0 Å². The molecule has 2 N–H and O–H groups in total. The summed E-state index contributed by atoms with van der Waals surface area (Å²) in [6.45, 7) is 4.61. The molecule has 0 saturated carbocycles. The summed E-state index contributed by atoms with van der Waals surface area (Å²) >= 11 is 0. The van der Waals surface area contributed by atoms with Crippen molar-refractivity contribution in [1.29, 1.82) is 0 Å². The van der Waals surface area contributed by atoms with Gasteiger partial charge in [0.25, 0.3) is 0 Å². The number of anilines is 1. The maximum absolute atomic E-state index is 13.6. The zero-order chi connectivity index (χ0) is 12.1. The van der Waals surface area contributed by atoms with Gasteiger partial charge in [0.05, 0.1) is 5.69 Å². The lowest BCUT2D eigenvalue weighted by molar-refractivity contribution is 0.364. The molecule has 0 amide bonds. The quantitative estimate of drug-likeness (QED) is 0.838. The number of nitrogens with zero attached hydrogens (tertiary/aromatic N) is 2. The van der Waals surface area contributed by atoms with Crippen molar-refractivity contribution in [3.05, 3.63) is 17.8 Å². The van der Waals surface area contributed by atoms with Crippen molar-refractivity contribution >= 4 is 5.82 Å². The van der Waals surface area contributed by atoms with Crippen LogP contribution in [0.4, 0.5) is 10.2 Å². The first kappa shape index (κ1) is 12.2. The van der Waals surface area contributed by atoms with Gasteiger partial charge in [-0.25, -0.2) is 14.4 Å². The monoisotopic (exact) mass is 238 g/mol. The maximum Gasteiger partial charge on any atom is 0.186 e. The predicted octanol–water partition coefficient (Wildman–Crippen LogP) is 1.73. The van der Waals surface area contributed by atoms with Gasteiger partial charge < -0.3 is 10.6 Å². The van der Waals surface area contributed by atoms with Crippen LogP contribution in [-0.2, 0) is 0 Å². The van der Waals surface area contributed by atoms with Crippen molar-refractivity contribution in [2.24, 2.45) is 5.92 Å². The fourth-order valence-electron chi connectivity index (χ4n) is 2.15. The van der Waals surface area contributed by atoms with Crippen LogP contribution in [0.1, 0.15) is 25.0 Å². The number of nitrogens with one attached hydrogen (secondary N) is 2. The molecule has 0 radical (unpaired) electrons. The van der Waals surface area contributed by atoms with Gasteiger partial charge in [0.15, 0.2) is 11.6 Å². The highest BCUT2D eigenvalue weighted by Crippen LogP contribution is 2.15. The van der Waals surface area contributed by atoms with E-state index in [9.17, 15) is 4.39 Å².